The van der Waals surface area contributed by atoms with Gasteiger partial charge in [-0.25, -0.2) is 8.78 Å². The number of fused-ring (bicyclic) bond motifs is 6. The molecular formula is C28H26F2N2O3. The van der Waals surface area contributed by atoms with Crippen LogP contribution in [0.4, 0.5) is 8.78 Å². The second-order valence-electron chi connectivity index (χ2n) is 9.22. The highest BCUT2D eigenvalue weighted by Crippen LogP contribution is 2.44. The van der Waals surface area contributed by atoms with Gasteiger partial charge in [-0.05, 0) is 65.4 Å². The van der Waals surface area contributed by atoms with Gasteiger partial charge in [-0.3, -0.25) is 4.90 Å². The van der Waals surface area contributed by atoms with E-state index >= 15 is 0 Å². The lowest BCUT2D eigenvalue weighted by Crippen LogP contribution is -2.39. The van der Waals surface area contributed by atoms with Crippen LogP contribution in [0.25, 0.3) is 10.9 Å². The topological polar surface area (TPSA) is 46.9 Å². The summed E-state index contributed by atoms with van der Waals surface area (Å²) in [5, 5.41) is 11.3. The Morgan fingerprint density at radius 3 is 2.60 bits per heavy atom. The van der Waals surface area contributed by atoms with Crippen LogP contribution in [0.1, 0.15) is 34.0 Å². The average Bonchev–Trinajstić information content (AvgIpc) is 3.17. The van der Waals surface area contributed by atoms with E-state index in [2.05, 4.69) is 17.0 Å². The molecule has 1 aromatic heterocycles. The maximum absolute atomic E-state index is 13.6. The molecule has 0 saturated heterocycles. The van der Waals surface area contributed by atoms with Gasteiger partial charge in [0.05, 0.1) is 12.6 Å². The highest BCUT2D eigenvalue weighted by molar-refractivity contribution is 5.86. The molecule has 0 amide bonds. The summed E-state index contributed by atoms with van der Waals surface area (Å²) in [6.07, 6.45) is 1.71. The molecule has 0 fully saturated rings. The van der Waals surface area contributed by atoms with E-state index in [9.17, 15) is 13.9 Å². The fourth-order valence-electron chi connectivity index (χ4n) is 5.70. The fraction of sp³-hybridized carbons (Fsp3) is 0.286. The van der Waals surface area contributed by atoms with E-state index in [1.165, 1.54) is 39.9 Å². The van der Waals surface area contributed by atoms with Crippen LogP contribution >= 0.6 is 0 Å². The van der Waals surface area contributed by atoms with Crippen molar-refractivity contribution in [1.29, 1.82) is 0 Å². The molecule has 5 nitrogen and oxygen atoms in total. The molecule has 0 radical (unpaired) electrons. The maximum Gasteiger partial charge on any atom is 0.161 e. The minimum absolute atomic E-state index is 0.0331. The molecule has 1 atom stereocenters. The Bertz CT molecular complexity index is 1410. The van der Waals surface area contributed by atoms with Crippen molar-refractivity contribution in [2.75, 3.05) is 13.7 Å². The molecule has 3 heterocycles. The Hall–Kier alpha value is -3.42. The van der Waals surface area contributed by atoms with Gasteiger partial charge in [-0.1, -0.05) is 18.2 Å². The van der Waals surface area contributed by atoms with Crippen LogP contribution in [0.15, 0.2) is 54.6 Å². The number of hydrogen-bond donors (Lipinski definition) is 1. The van der Waals surface area contributed by atoms with Gasteiger partial charge in [-0.15, -0.1) is 0 Å². The zero-order chi connectivity index (χ0) is 24.1. The van der Waals surface area contributed by atoms with Gasteiger partial charge < -0.3 is 19.1 Å². The number of rotatable bonds is 5. The molecule has 1 unspecified atom stereocenters. The summed E-state index contributed by atoms with van der Waals surface area (Å²) in [6, 6.07) is 15.9. The van der Waals surface area contributed by atoms with E-state index in [1.54, 1.807) is 7.11 Å². The lowest BCUT2D eigenvalue weighted by molar-refractivity contribution is 0.145. The SMILES string of the molecule is COc1cc2c(cc1OCc1cc(F)cc(F)c1)CCN1Cc3c(c4ccccc4n3CO)CC21. The first-order chi connectivity index (χ1) is 17.1. The predicted octanol–water partition coefficient (Wildman–Crippen LogP) is 5.11. The van der Waals surface area contributed by atoms with Crippen molar-refractivity contribution < 1.29 is 23.4 Å². The Morgan fingerprint density at radius 2 is 1.83 bits per heavy atom. The van der Waals surface area contributed by atoms with Crippen molar-refractivity contribution in [1.82, 2.24) is 9.47 Å². The average molecular weight is 477 g/mol. The second kappa shape index (κ2) is 8.66. The molecule has 0 saturated carbocycles. The largest absolute Gasteiger partial charge is 0.493 e. The Balaban J connectivity index is 1.33. The Labute approximate surface area is 202 Å². The third-order valence-corrected chi connectivity index (χ3v) is 7.30. The smallest absolute Gasteiger partial charge is 0.161 e. The molecule has 7 heteroatoms. The maximum atomic E-state index is 13.6. The number of nitrogens with zero attached hydrogens (tertiary/aromatic N) is 2. The van der Waals surface area contributed by atoms with Crippen molar-refractivity contribution in [2.24, 2.45) is 0 Å². The summed E-state index contributed by atoms with van der Waals surface area (Å²) in [7, 11) is 1.60. The van der Waals surface area contributed by atoms with Crippen LogP contribution in [-0.2, 0) is 32.7 Å². The van der Waals surface area contributed by atoms with Gasteiger partial charge in [0.2, 0.25) is 0 Å². The molecule has 0 aliphatic carbocycles. The number of aromatic nitrogens is 1. The quantitative estimate of drug-likeness (QED) is 0.435. The van der Waals surface area contributed by atoms with Crippen molar-refractivity contribution in [3.63, 3.8) is 0 Å². The zero-order valence-corrected chi connectivity index (χ0v) is 19.4. The Kier molecular flexibility index (Phi) is 5.46. The van der Waals surface area contributed by atoms with Gasteiger partial charge in [0.25, 0.3) is 0 Å². The molecule has 2 aliphatic heterocycles. The van der Waals surface area contributed by atoms with Gasteiger partial charge in [0.15, 0.2) is 11.5 Å². The number of aliphatic hydroxyl groups excluding tert-OH is 1. The monoisotopic (exact) mass is 476 g/mol. The molecule has 3 aromatic carbocycles. The van der Waals surface area contributed by atoms with Crippen LogP contribution in [0.3, 0.4) is 0 Å². The van der Waals surface area contributed by atoms with Crippen molar-refractivity contribution in [3.05, 3.63) is 94.2 Å². The molecule has 0 spiro atoms. The van der Waals surface area contributed by atoms with E-state index in [0.717, 1.165) is 37.5 Å². The van der Waals surface area contributed by atoms with Gasteiger partial charge in [0.1, 0.15) is 25.0 Å². The fourth-order valence-corrected chi connectivity index (χ4v) is 5.70. The lowest BCUT2D eigenvalue weighted by atomic mass is 9.85. The molecule has 180 valence electrons. The van der Waals surface area contributed by atoms with Crippen molar-refractivity contribution >= 4 is 10.9 Å². The molecule has 2 aliphatic rings. The summed E-state index contributed by atoms with van der Waals surface area (Å²) in [5.41, 5.74) is 6.37. The minimum atomic E-state index is -0.625. The summed E-state index contributed by atoms with van der Waals surface area (Å²) in [5.74, 6) is -0.0792. The molecule has 0 bridgehead atoms. The molecule has 6 rings (SSSR count). The van der Waals surface area contributed by atoms with E-state index in [0.29, 0.717) is 17.1 Å². The number of hydrogen-bond acceptors (Lipinski definition) is 4. The van der Waals surface area contributed by atoms with Gasteiger partial charge in [-0.2, -0.15) is 0 Å². The Morgan fingerprint density at radius 1 is 1.03 bits per heavy atom. The third kappa shape index (κ3) is 3.75. The van der Waals surface area contributed by atoms with E-state index in [1.807, 2.05) is 28.8 Å². The number of ether oxygens (including phenoxy) is 2. The highest BCUT2D eigenvalue weighted by Gasteiger charge is 2.35. The number of benzene rings is 3. The number of para-hydroxylation sites is 1. The van der Waals surface area contributed by atoms with Crippen LogP contribution in [0.5, 0.6) is 11.5 Å². The number of aliphatic hydroxyl groups is 1. The first kappa shape index (κ1) is 22.1. The van der Waals surface area contributed by atoms with Crippen molar-refractivity contribution in [3.8, 4) is 11.5 Å². The normalized spacial score (nSPS) is 17.1. The summed E-state index contributed by atoms with van der Waals surface area (Å²) in [6.45, 7) is 1.68. The van der Waals surface area contributed by atoms with Crippen LogP contribution in [-0.4, -0.2) is 28.2 Å². The summed E-state index contributed by atoms with van der Waals surface area (Å²) in [4.78, 5) is 2.46. The third-order valence-electron chi connectivity index (χ3n) is 7.30. The van der Waals surface area contributed by atoms with E-state index in [4.69, 9.17) is 9.47 Å². The van der Waals surface area contributed by atoms with E-state index in [-0.39, 0.29) is 19.4 Å². The number of halogens is 2. The summed E-state index contributed by atoms with van der Waals surface area (Å²) < 4.78 is 40.8. The summed E-state index contributed by atoms with van der Waals surface area (Å²) >= 11 is 0. The van der Waals surface area contributed by atoms with Crippen molar-refractivity contribution in [2.45, 2.75) is 38.8 Å². The standard InChI is InChI=1S/C28H26F2N2O3/c1-34-27-13-22-18(10-28(27)35-15-17-8-19(29)11-20(30)9-17)6-7-31-14-26-23(12-25(22)31)21-4-2-3-5-24(21)32(26)16-33/h2-5,8-11,13,25,33H,6-7,12,14-16H2,1H3. The molecular weight excluding hydrogens is 450 g/mol. The number of methoxy groups -OCH3 is 1. The van der Waals surface area contributed by atoms with Crippen LogP contribution in [0, 0.1) is 11.6 Å². The minimum Gasteiger partial charge on any atom is -0.493 e. The van der Waals surface area contributed by atoms with Gasteiger partial charge in [0, 0.05) is 36.3 Å². The second-order valence-corrected chi connectivity index (χ2v) is 9.22. The zero-order valence-electron chi connectivity index (χ0n) is 19.4. The first-order valence-electron chi connectivity index (χ1n) is 11.8. The molecule has 35 heavy (non-hydrogen) atoms. The first-order valence-corrected chi connectivity index (χ1v) is 11.8. The van der Waals surface area contributed by atoms with Gasteiger partial charge >= 0.3 is 0 Å². The highest BCUT2D eigenvalue weighted by atomic mass is 19.1. The predicted molar refractivity (Wildman–Crippen MR) is 128 cm³/mol. The van der Waals surface area contributed by atoms with Crippen LogP contribution < -0.4 is 9.47 Å². The van der Waals surface area contributed by atoms with E-state index < -0.39 is 11.6 Å². The molecule has 1 N–H and O–H groups in total. The van der Waals surface area contributed by atoms with Crippen LogP contribution in [0.2, 0.25) is 0 Å². The molecule has 4 aromatic rings. The lowest BCUT2D eigenvalue weighted by Gasteiger charge is -2.41.